The van der Waals surface area contributed by atoms with Crippen molar-refractivity contribution in [1.29, 1.82) is 0 Å². The van der Waals surface area contributed by atoms with Gasteiger partial charge in [-0.25, -0.2) is 0 Å². The molecule has 1 unspecified atom stereocenters. The molecule has 82 valence electrons. The summed E-state index contributed by atoms with van der Waals surface area (Å²) < 4.78 is 4.52. The number of carbonyl (C=O) groups is 2. The number of methoxy groups -OCH3 is 1. The standard InChI is InChI=1S/C10H19NO3/c1-4-5-6-11-9(12)7-8(2)10(13)14-3/h8H,4-7H2,1-3H3,(H,11,12). The molecule has 0 saturated carbocycles. The Bertz CT molecular complexity index is 192. The van der Waals surface area contributed by atoms with Crippen LogP contribution in [0.25, 0.3) is 0 Å². The first-order valence-corrected chi connectivity index (χ1v) is 4.96. The average Bonchev–Trinajstić information content (AvgIpc) is 2.16. The van der Waals surface area contributed by atoms with Gasteiger partial charge < -0.3 is 10.1 Å². The SMILES string of the molecule is CCCCNC(=O)CC(C)C(=O)OC. The summed E-state index contributed by atoms with van der Waals surface area (Å²) in [5.41, 5.74) is 0. The quantitative estimate of drug-likeness (QED) is 0.517. The zero-order valence-electron chi connectivity index (χ0n) is 9.13. The summed E-state index contributed by atoms with van der Waals surface area (Å²) >= 11 is 0. The Morgan fingerprint density at radius 2 is 2.07 bits per heavy atom. The summed E-state index contributed by atoms with van der Waals surface area (Å²) in [6, 6.07) is 0. The molecule has 0 spiro atoms. The minimum Gasteiger partial charge on any atom is -0.469 e. The molecule has 0 rings (SSSR count). The number of nitrogens with one attached hydrogen (secondary N) is 1. The fourth-order valence-corrected chi connectivity index (χ4v) is 1.04. The molecule has 0 bridgehead atoms. The summed E-state index contributed by atoms with van der Waals surface area (Å²) in [7, 11) is 1.33. The molecule has 0 saturated heterocycles. The van der Waals surface area contributed by atoms with Gasteiger partial charge in [-0.15, -0.1) is 0 Å². The number of hydrogen-bond donors (Lipinski definition) is 1. The lowest BCUT2D eigenvalue weighted by Gasteiger charge is -2.08. The van der Waals surface area contributed by atoms with Gasteiger partial charge in [-0.1, -0.05) is 20.3 Å². The molecular formula is C10H19NO3. The van der Waals surface area contributed by atoms with Gasteiger partial charge in [0.1, 0.15) is 0 Å². The lowest BCUT2D eigenvalue weighted by molar-refractivity contribution is -0.146. The molecule has 0 aromatic rings. The lowest BCUT2D eigenvalue weighted by Crippen LogP contribution is -2.28. The second-order valence-electron chi connectivity index (χ2n) is 3.33. The zero-order chi connectivity index (χ0) is 11.0. The molecule has 1 atom stereocenters. The lowest BCUT2D eigenvalue weighted by atomic mass is 10.1. The Labute approximate surface area is 85.0 Å². The monoisotopic (exact) mass is 201 g/mol. The third-order valence-corrected chi connectivity index (χ3v) is 1.95. The van der Waals surface area contributed by atoms with Gasteiger partial charge in [0.05, 0.1) is 13.0 Å². The highest BCUT2D eigenvalue weighted by Gasteiger charge is 2.16. The van der Waals surface area contributed by atoms with Crippen LogP contribution in [0.2, 0.25) is 0 Å². The van der Waals surface area contributed by atoms with E-state index in [2.05, 4.69) is 17.0 Å². The van der Waals surface area contributed by atoms with E-state index in [1.54, 1.807) is 6.92 Å². The van der Waals surface area contributed by atoms with E-state index in [1.165, 1.54) is 7.11 Å². The Hall–Kier alpha value is -1.06. The summed E-state index contributed by atoms with van der Waals surface area (Å²) in [5, 5.41) is 2.75. The molecule has 1 amide bonds. The Morgan fingerprint density at radius 1 is 1.43 bits per heavy atom. The zero-order valence-corrected chi connectivity index (χ0v) is 9.13. The maximum Gasteiger partial charge on any atom is 0.308 e. The van der Waals surface area contributed by atoms with E-state index in [-0.39, 0.29) is 24.2 Å². The summed E-state index contributed by atoms with van der Waals surface area (Å²) in [6.45, 7) is 4.43. The van der Waals surface area contributed by atoms with Crippen LogP contribution in [0.1, 0.15) is 33.1 Å². The summed E-state index contributed by atoms with van der Waals surface area (Å²) in [6.07, 6.45) is 2.22. The van der Waals surface area contributed by atoms with Crippen molar-refractivity contribution in [2.75, 3.05) is 13.7 Å². The van der Waals surface area contributed by atoms with Crippen molar-refractivity contribution in [2.24, 2.45) is 5.92 Å². The van der Waals surface area contributed by atoms with Gasteiger partial charge in [0.2, 0.25) is 5.91 Å². The van der Waals surface area contributed by atoms with Crippen molar-refractivity contribution in [2.45, 2.75) is 33.1 Å². The molecule has 0 heterocycles. The number of hydrogen-bond acceptors (Lipinski definition) is 3. The number of carbonyl (C=O) groups excluding carboxylic acids is 2. The highest BCUT2D eigenvalue weighted by molar-refractivity contribution is 5.82. The molecule has 0 aliphatic rings. The second-order valence-corrected chi connectivity index (χ2v) is 3.33. The molecule has 1 N–H and O–H groups in total. The maximum atomic E-state index is 11.2. The van der Waals surface area contributed by atoms with Crippen LogP contribution >= 0.6 is 0 Å². The number of ether oxygens (including phenoxy) is 1. The van der Waals surface area contributed by atoms with Gasteiger partial charge >= 0.3 is 5.97 Å². The first-order valence-electron chi connectivity index (χ1n) is 4.96. The number of esters is 1. The van der Waals surface area contributed by atoms with Gasteiger partial charge in [0.25, 0.3) is 0 Å². The largest absolute Gasteiger partial charge is 0.469 e. The van der Waals surface area contributed by atoms with Crippen LogP contribution in [0.3, 0.4) is 0 Å². The molecule has 14 heavy (non-hydrogen) atoms. The van der Waals surface area contributed by atoms with E-state index in [9.17, 15) is 9.59 Å². The highest BCUT2D eigenvalue weighted by atomic mass is 16.5. The van der Waals surface area contributed by atoms with E-state index >= 15 is 0 Å². The van der Waals surface area contributed by atoms with Crippen LogP contribution in [0.5, 0.6) is 0 Å². The van der Waals surface area contributed by atoms with Crippen molar-refractivity contribution in [3.8, 4) is 0 Å². The normalized spacial score (nSPS) is 11.9. The van der Waals surface area contributed by atoms with Crippen LogP contribution < -0.4 is 5.32 Å². The molecule has 0 fully saturated rings. The minimum absolute atomic E-state index is 0.0867. The van der Waals surface area contributed by atoms with Crippen molar-refractivity contribution in [3.05, 3.63) is 0 Å². The van der Waals surface area contributed by atoms with Crippen LogP contribution in [-0.4, -0.2) is 25.5 Å². The van der Waals surface area contributed by atoms with Gasteiger partial charge in [0, 0.05) is 13.0 Å². The van der Waals surface area contributed by atoms with Crippen LogP contribution in [0.4, 0.5) is 0 Å². The predicted molar refractivity (Wildman–Crippen MR) is 53.7 cm³/mol. The van der Waals surface area contributed by atoms with E-state index in [0.717, 1.165) is 12.8 Å². The van der Waals surface area contributed by atoms with Crippen LogP contribution in [-0.2, 0) is 14.3 Å². The summed E-state index contributed by atoms with van der Waals surface area (Å²) in [5.74, 6) is -0.784. The first kappa shape index (κ1) is 12.9. The first-order chi connectivity index (χ1) is 6.61. The topological polar surface area (TPSA) is 55.4 Å². The predicted octanol–water partition coefficient (Wildman–Crippen LogP) is 1.10. The van der Waals surface area contributed by atoms with Gasteiger partial charge in [-0.3, -0.25) is 9.59 Å². The fourth-order valence-electron chi connectivity index (χ4n) is 1.04. The number of unbranched alkanes of at least 4 members (excludes halogenated alkanes) is 1. The van der Waals surface area contributed by atoms with Gasteiger partial charge in [-0.05, 0) is 6.42 Å². The third-order valence-electron chi connectivity index (χ3n) is 1.95. The Kier molecular flexibility index (Phi) is 6.80. The molecular weight excluding hydrogens is 182 g/mol. The van der Waals surface area contributed by atoms with Crippen LogP contribution in [0, 0.1) is 5.92 Å². The fraction of sp³-hybridized carbons (Fsp3) is 0.800. The van der Waals surface area contributed by atoms with Crippen LogP contribution in [0.15, 0.2) is 0 Å². The minimum atomic E-state index is -0.360. The third kappa shape index (κ3) is 5.56. The number of amides is 1. The van der Waals surface area contributed by atoms with Crippen molar-refractivity contribution < 1.29 is 14.3 Å². The van der Waals surface area contributed by atoms with Crippen molar-refractivity contribution in [3.63, 3.8) is 0 Å². The highest BCUT2D eigenvalue weighted by Crippen LogP contribution is 2.03. The molecule has 0 radical (unpaired) electrons. The van der Waals surface area contributed by atoms with E-state index in [1.807, 2.05) is 0 Å². The maximum absolute atomic E-state index is 11.2. The van der Waals surface area contributed by atoms with Gasteiger partial charge in [-0.2, -0.15) is 0 Å². The molecule has 0 aliphatic carbocycles. The van der Waals surface area contributed by atoms with Crippen molar-refractivity contribution >= 4 is 11.9 Å². The molecule has 4 heteroatoms. The molecule has 4 nitrogen and oxygen atoms in total. The Balaban J connectivity index is 3.65. The van der Waals surface area contributed by atoms with E-state index in [4.69, 9.17) is 0 Å². The van der Waals surface area contributed by atoms with E-state index in [0.29, 0.717) is 6.54 Å². The van der Waals surface area contributed by atoms with Gasteiger partial charge in [0.15, 0.2) is 0 Å². The number of rotatable bonds is 6. The van der Waals surface area contributed by atoms with E-state index < -0.39 is 0 Å². The van der Waals surface area contributed by atoms with Crippen molar-refractivity contribution in [1.82, 2.24) is 5.32 Å². The Morgan fingerprint density at radius 3 is 2.57 bits per heavy atom. The average molecular weight is 201 g/mol. The summed E-state index contributed by atoms with van der Waals surface area (Å²) in [4.78, 5) is 22.2. The molecule has 0 aromatic heterocycles. The molecule has 0 aliphatic heterocycles. The second kappa shape index (κ2) is 7.35. The molecule has 0 aromatic carbocycles. The smallest absolute Gasteiger partial charge is 0.308 e.